The second kappa shape index (κ2) is 7.09. The monoisotopic (exact) mass is 407 g/mol. The largest absolute Gasteiger partial charge is 0.360 e. The number of nitrogens with zero attached hydrogens (tertiary/aromatic N) is 3. The van der Waals surface area contributed by atoms with Gasteiger partial charge >= 0.3 is 0 Å². The fourth-order valence-electron chi connectivity index (χ4n) is 4.96. The highest BCUT2D eigenvalue weighted by Crippen LogP contribution is 2.52. The van der Waals surface area contributed by atoms with Crippen LogP contribution in [-0.2, 0) is 27.3 Å². The Hall–Kier alpha value is -2.93. The molecule has 0 radical (unpaired) electrons. The van der Waals surface area contributed by atoms with E-state index in [0.717, 1.165) is 6.42 Å². The Balaban J connectivity index is 1.30. The molecule has 30 heavy (non-hydrogen) atoms. The molecule has 7 heteroatoms. The van der Waals surface area contributed by atoms with Crippen molar-refractivity contribution in [3.05, 3.63) is 65.6 Å². The molecule has 3 aliphatic heterocycles. The first-order valence-electron chi connectivity index (χ1n) is 10.3. The molecule has 1 spiro atoms. The van der Waals surface area contributed by atoms with Gasteiger partial charge in [0.25, 0.3) is 0 Å². The Labute approximate surface area is 175 Å². The average molecular weight is 407 g/mol. The van der Waals surface area contributed by atoms with E-state index in [2.05, 4.69) is 36.3 Å². The van der Waals surface area contributed by atoms with Gasteiger partial charge in [-0.2, -0.15) is 0 Å². The van der Waals surface area contributed by atoms with E-state index in [1.165, 1.54) is 11.1 Å². The third kappa shape index (κ3) is 3.04. The summed E-state index contributed by atoms with van der Waals surface area (Å²) < 4.78 is 11.3. The molecule has 156 valence electrons. The number of rotatable bonds is 6. The summed E-state index contributed by atoms with van der Waals surface area (Å²) in [7, 11) is 1.72. The van der Waals surface area contributed by atoms with Crippen molar-refractivity contribution in [3.8, 4) is 0 Å². The van der Waals surface area contributed by atoms with E-state index in [1.807, 2.05) is 17.1 Å². The van der Waals surface area contributed by atoms with Crippen LogP contribution < -0.4 is 0 Å². The molecule has 0 aliphatic carbocycles. The Morgan fingerprint density at radius 2 is 2.10 bits per heavy atom. The number of likely N-dealkylation sites (tertiary alicyclic amines) is 1. The van der Waals surface area contributed by atoms with Crippen molar-refractivity contribution in [2.75, 3.05) is 20.1 Å². The van der Waals surface area contributed by atoms with Gasteiger partial charge in [-0.1, -0.05) is 47.1 Å². The first kappa shape index (κ1) is 19.1. The summed E-state index contributed by atoms with van der Waals surface area (Å²) in [6.45, 7) is 3.50. The minimum absolute atomic E-state index is 0.0142. The molecule has 2 fully saturated rings. The zero-order valence-electron chi connectivity index (χ0n) is 17.2. The number of hydrogen-bond acceptors (Lipinski definition) is 5. The molecule has 2 amide bonds. The van der Waals surface area contributed by atoms with Crippen molar-refractivity contribution < 1.29 is 18.8 Å². The lowest BCUT2D eigenvalue weighted by Gasteiger charge is -2.27. The molecular weight excluding hydrogens is 382 g/mol. The number of carbonyl (C=O) groups excluding carboxylic acids is 2. The van der Waals surface area contributed by atoms with E-state index < -0.39 is 17.4 Å². The average Bonchev–Trinajstić information content (AvgIpc) is 3.50. The normalized spacial score (nSPS) is 28.9. The van der Waals surface area contributed by atoms with Crippen molar-refractivity contribution in [3.63, 3.8) is 0 Å². The molecule has 1 aromatic carbocycles. The van der Waals surface area contributed by atoms with Crippen molar-refractivity contribution in [1.29, 1.82) is 0 Å². The highest BCUT2D eigenvalue weighted by molar-refractivity contribution is 5.93. The van der Waals surface area contributed by atoms with Gasteiger partial charge in [0.05, 0.1) is 37.2 Å². The van der Waals surface area contributed by atoms with E-state index >= 15 is 0 Å². The van der Waals surface area contributed by atoms with E-state index in [4.69, 9.17) is 9.26 Å². The summed E-state index contributed by atoms with van der Waals surface area (Å²) in [6, 6.07) is 10.1. The topological polar surface area (TPSA) is 75.9 Å². The van der Waals surface area contributed by atoms with Gasteiger partial charge < -0.3 is 19.1 Å². The molecule has 5 rings (SSSR count). The molecule has 0 N–H and O–H groups in total. The van der Waals surface area contributed by atoms with Crippen LogP contribution in [0.4, 0.5) is 0 Å². The maximum atomic E-state index is 13.3. The quantitative estimate of drug-likeness (QED) is 0.685. The summed E-state index contributed by atoms with van der Waals surface area (Å²) in [5.41, 5.74) is 1.74. The van der Waals surface area contributed by atoms with Gasteiger partial charge in [0.15, 0.2) is 5.76 Å². The minimum Gasteiger partial charge on any atom is -0.360 e. The lowest BCUT2D eigenvalue weighted by Crippen LogP contribution is -2.44. The molecule has 2 bridgehead atoms. The molecule has 2 aromatic rings. The lowest BCUT2D eigenvalue weighted by molar-refractivity contribution is -0.142. The Morgan fingerprint density at radius 1 is 1.30 bits per heavy atom. The number of benzene rings is 1. The summed E-state index contributed by atoms with van der Waals surface area (Å²) in [5, 5.41) is 3.68. The van der Waals surface area contributed by atoms with Crippen LogP contribution in [0.3, 0.4) is 0 Å². The van der Waals surface area contributed by atoms with Gasteiger partial charge in [0.2, 0.25) is 11.8 Å². The van der Waals surface area contributed by atoms with Crippen molar-refractivity contribution in [2.24, 2.45) is 11.8 Å². The number of amides is 2. The first-order chi connectivity index (χ1) is 14.5. The van der Waals surface area contributed by atoms with Gasteiger partial charge in [-0.05, 0) is 18.9 Å². The minimum atomic E-state index is -0.678. The summed E-state index contributed by atoms with van der Waals surface area (Å²) in [5.74, 6) is -0.436. The third-order valence-electron chi connectivity index (χ3n) is 6.52. The van der Waals surface area contributed by atoms with Crippen LogP contribution in [0.15, 0.2) is 53.2 Å². The van der Waals surface area contributed by atoms with Crippen LogP contribution in [0.5, 0.6) is 0 Å². The van der Waals surface area contributed by atoms with E-state index in [9.17, 15) is 9.59 Å². The second-order valence-corrected chi connectivity index (χ2v) is 8.57. The maximum absolute atomic E-state index is 13.3. The zero-order chi connectivity index (χ0) is 20.9. The fourth-order valence-corrected chi connectivity index (χ4v) is 4.96. The molecule has 0 unspecified atom stereocenters. The van der Waals surface area contributed by atoms with Gasteiger partial charge in [-0.25, -0.2) is 0 Å². The van der Waals surface area contributed by atoms with Crippen molar-refractivity contribution in [2.45, 2.75) is 31.6 Å². The Bertz CT molecular complexity index is 984. The molecule has 3 aliphatic rings. The molecule has 2 saturated heterocycles. The first-order valence-corrected chi connectivity index (χ1v) is 10.3. The van der Waals surface area contributed by atoms with Crippen LogP contribution in [0.2, 0.25) is 0 Å². The van der Waals surface area contributed by atoms with Crippen LogP contribution in [0.25, 0.3) is 0 Å². The summed E-state index contributed by atoms with van der Waals surface area (Å²) in [6.07, 6.45) is 5.93. The Morgan fingerprint density at radius 3 is 2.83 bits per heavy atom. The zero-order valence-corrected chi connectivity index (χ0v) is 17.2. The number of carbonyl (C=O) groups is 2. The molecule has 7 nitrogen and oxygen atoms in total. The number of hydrogen-bond donors (Lipinski definition) is 0. The predicted molar refractivity (Wildman–Crippen MR) is 108 cm³/mol. The Kier molecular flexibility index (Phi) is 4.50. The molecule has 4 atom stereocenters. The number of ether oxygens (including phenoxy) is 1. The highest BCUT2D eigenvalue weighted by atomic mass is 16.5. The summed E-state index contributed by atoms with van der Waals surface area (Å²) in [4.78, 5) is 30.0. The van der Waals surface area contributed by atoms with E-state index in [-0.39, 0.29) is 17.9 Å². The van der Waals surface area contributed by atoms with Crippen LogP contribution in [0, 0.1) is 18.8 Å². The fraction of sp³-hybridized carbons (Fsp3) is 0.435. The third-order valence-corrected chi connectivity index (χ3v) is 6.52. The standard InChI is InChI=1S/C23H25N3O4/c1-15-3-5-16(6-4-15)9-12-26-14-23-10-7-18(29-23)19(20(23)22(26)28)21(27)25(2)13-17-8-11-24-30-17/h3-8,10-11,18-20H,9,12-14H2,1-2H3/t18-,19+,20+,23-/m0/s1. The second-order valence-electron chi connectivity index (χ2n) is 8.57. The highest BCUT2D eigenvalue weighted by Gasteiger charge is 2.66. The van der Waals surface area contributed by atoms with Crippen LogP contribution >= 0.6 is 0 Å². The van der Waals surface area contributed by atoms with Crippen LogP contribution in [-0.4, -0.2) is 58.6 Å². The van der Waals surface area contributed by atoms with Crippen molar-refractivity contribution >= 4 is 11.8 Å². The number of aromatic nitrogens is 1. The number of aryl methyl sites for hydroxylation is 1. The predicted octanol–water partition coefficient (Wildman–Crippen LogP) is 1.97. The lowest BCUT2D eigenvalue weighted by atomic mass is 9.76. The molecule has 0 saturated carbocycles. The van der Waals surface area contributed by atoms with E-state index in [1.54, 1.807) is 24.2 Å². The van der Waals surface area contributed by atoms with E-state index in [0.29, 0.717) is 25.4 Å². The van der Waals surface area contributed by atoms with Crippen molar-refractivity contribution in [1.82, 2.24) is 15.0 Å². The molecular formula is C23H25N3O4. The van der Waals surface area contributed by atoms with Crippen LogP contribution in [0.1, 0.15) is 16.9 Å². The molecule has 1 aromatic heterocycles. The molecule has 4 heterocycles. The van der Waals surface area contributed by atoms with Gasteiger partial charge in [0.1, 0.15) is 5.60 Å². The van der Waals surface area contributed by atoms with Gasteiger partial charge in [-0.15, -0.1) is 0 Å². The smallest absolute Gasteiger partial charge is 0.230 e. The number of fused-ring (bicyclic) bond motifs is 1. The SMILES string of the molecule is Cc1ccc(CCN2C[C@]34C=C[C@H](O3)[C@@H](C(=O)N(C)Cc3ccno3)[C@@H]4C2=O)cc1. The van der Waals surface area contributed by atoms with Gasteiger partial charge in [0, 0.05) is 19.7 Å². The maximum Gasteiger partial charge on any atom is 0.230 e. The summed E-state index contributed by atoms with van der Waals surface area (Å²) >= 11 is 0. The van der Waals surface area contributed by atoms with Gasteiger partial charge in [-0.3, -0.25) is 9.59 Å².